The molecule has 1 aromatic carbocycles. The maximum Gasteiger partial charge on any atom is 0.247 e. The second-order valence-electron chi connectivity index (χ2n) is 5.74. The molecule has 0 fully saturated rings. The number of carbonyl (C=O) groups excluding carboxylic acids is 2. The first-order valence-electron chi connectivity index (χ1n) is 8.14. The molecule has 0 aliphatic rings. The lowest BCUT2D eigenvalue weighted by Gasteiger charge is -2.19. The van der Waals surface area contributed by atoms with E-state index in [0.717, 1.165) is 0 Å². The molecule has 0 aliphatic carbocycles. The Morgan fingerprint density at radius 2 is 1.89 bits per heavy atom. The molecule has 0 unspecified atom stereocenters. The van der Waals surface area contributed by atoms with Crippen LogP contribution in [0, 0.1) is 6.92 Å². The van der Waals surface area contributed by atoms with Gasteiger partial charge in [-0.05, 0) is 32.1 Å². The van der Waals surface area contributed by atoms with E-state index in [1.165, 1.54) is 15.7 Å². The third-order valence-electron chi connectivity index (χ3n) is 3.84. The minimum absolute atomic E-state index is 0.138. The maximum absolute atomic E-state index is 12.4. The molecule has 0 aliphatic heterocycles. The highest BCUT2D eigenvalue weighted by Gasteiger charge is 2.16. The lowest BCUT2D eigenvalue weighted by atomic mass is 10.2. The van der Waals surface area contributed by atoms with E-state index in [1.54, 1.807) is 45.2 Å². The molecule has 0 spiro atoms. The van der Waals surface area contributed by atoms with E-state index in [0.29, 0.717) is 38.7 Å². The van der Waals surface area contributed by atoms with Gasteiger partial charge < -0.3 is 10.2 Å². The van der Waals surface area contributed by atoms with Crippen LogP contribution in [0.2, 0.25) is 15.2 Å². The van der Waals surface area contributed by atoms with Crippen molar-refractivity contribution in [2.75, 3.05) is 18.4 Å². The van der Waals surface area contributed by atoms with Gasteiger partial charge in [-0.15, -0.1) is 0 Å². The average molecular weight is 430 g/mol. The van der Waals surface area contributed by atoms with Crippen molar-refractivity contribution in [2.45, 2.75) is 13.8 Å². The molecule has 2 rings (SSSR count). The Kier molecular flexibility index (Phi) is 7.30. The fraction of sp³-hybridized carbons (Fsp3) is 0.278. The molecule has 0 atom stereocenters. The summed E-state index contributed by atoms with van der Waals surface area (Å²) in [6.45, 7) is 3.80. The molecule has 0 saturated heterocycles. The van der Waals surface area contributed by atoms with Gasteiger partial charge in [-0.2, -0.15) is 5.10 Å². The Morgan fingerprint density at radius 1 is 1.26 bits per heavy atom. The Balaban J connectivity index is 2.06. The summed E-state index contributed by atoms with van der Waals surface area (Å²) >= 11 is 18.2. The first kappa shape index (κ1) is 21.3. The van der Waals surface area contributed by atoms with Crippen LogP contribution in [-0.2, 0) is 16.6 Å². The largest absolute Gasteiger partial charge is 0.330 e. The average Bonchev–Trinajstić information content (AvgIpc) is 2.86. The zero-order valence-corrected chi connectivity index (χ0v) is 17.4. The third kappa shape index (κ3) is 5.25. The van der Waals surface area contributed by atoms with Gasteiger partial charge in [0, 0.05) is 25.2 Å². The van der Waals surface area contributed by atoms with Gasteiger partial charge in [-0.3, -0.25) is 14.3 Å². The van der Waals surface area contributed by atoms with Crippen LogP contribution in [0.3, 0.4) is 0 Å². The first-order valence-corrected chi connectivity index (χ1v) is 9.27. The van der Waals surface area contributed by atoms with Crippen molar-refractivity contribution in [3.63, 3.8) is 0 Å². The molecule has 1 aromatic heterocycles. The van der Waals surface area contributed by atoms with Crippen molar-refractivity contribution in [1.82, 2.24) is 14.7 Å². The predicted octanol–water partition coefficient (Wildman–Crippen LogP) is 4.19. The molecule has 2 amide bonds. The molecule has 1 N–H and O–H groups in total. The van der Waals surface area contributed by atoms with Crippen molar-refractivity contribution >= 4 is 58.4 Å². The van der Waals surface area contributed by atoms with Crippen LogP contribution < -0.4 is 5.32 Å². The van der Waals surface area contributed by atoms with Crippen LogP contribution >= 0.6 is 34.8 Å². The second-order valence-corrected chi connectivity index (χ2v) is 6.92. The SMILES string of the molecule is CCN(CC(=O)Nc1c(Cl)cccc1Cl)C(=O)/C=C/c1c(C)nn(C)c1Cl. The number of carbonyl (C=O) groups is 2. The Morgan fingerprint density at radius 3 is 2.41 bits per heavy atom. The molecule has 1 heterocycles. The van der Waals surface area contributed by atoms with Crippen LogP contribution in [0.4, 0.5) is 5.69 Å². The molecular weight excluding hydrogens is 411 g/mol. The van der Waals surface area contributed by atoms with Gasteiger partial charge in [0.1, 0.15) is 11.7 Å². The quantitative estimate of drug-likeness (QED) is 0.700. The Labute approximate surface area is 172 Å². The monoisotopic (exact) mass is 428 g/mol. The molecule has 0 radical (unpaired) electrons. The number of anilines is 1. The van der Waals surface area contributed by atoms with Crippen molar-refractivity contribution < 1.29 is 9.59 Å². The van der Waals surface area contributed by atoms with Gasteiger partial charge in [-0.25, -0.2) is 0 Å². The summed E-state index contributed by atoms with van der Waals surface area (Å²) < 4.78 is 1.53. The summed E-state index contributed by atoms with van der Waals surface area (Å²) in [7, 11) is 1.72. The van der Waals surface area contributed by atoms with E-state index in [2.05, 4.69) is 10.4 Å². The van der Waals surface area contributed by atoms with E-state index < -0.39 is 5.91 Å². The van der Waals surface area contributed by atoms with E-state index in [4.69, 9.17) is 34.8 Å². The zero-order valence-electron chi connectivity index (χ0n) is 15.1. The van der Waals surface area contributed by atoms with Gasteiger partial charge in [0.25, 0.3) is 0 Å². The van der Waals surface area contributed by atoms with Gasteiger partial charge in [0.15, 0.2) is 0 Å². The second kappa shape index (κ2) is 9.26. The summed E-state index contributed by atoms with van der Waals surface area (Å²) in [5, 5.41) is 7.91. The minimum Gasteiger partial charge on any atom is -0.330 e. The number of benzene rings is 1. The minimum atomic E-state index is -0.399. The number of amides is 2. The smallest absolute Gasteiger partial charge is 0.247 e. The molecule has 27 heavy (non-hydrogen) atoms. The van der Waals surface area contributed by atoms with Crippen molar-refractivity contribution in [3.8, 4) is 0 Å². The van der Waals surface area contributed by atoms with Crippen LogP contribution in [-0.4, -0.2) is 39.6 Å². The molecule has 9 heteroatoms. The lowest BCUT2D eigenvalue weighted by molar-refractivity contribution is -0.130. The van der Waals surface area contributed by atoms with Gasteiger partial charge >= 0.3 is 0 Å². The van der Waals surface area contributed by atoms with E-state index in [9.17, 15) is 9.59 Å². The summed E-state index contributed by atoms with van der Waals surface area (Å²) in [5.74, 6) is -0.721. The van der Waals surface area contributed by atoms with Crippen LogP contribution in [0.25, 0.3) is 6.08 Å². The van der Waals surface area contributed by atoms with Crippen LogP contribution in [0.15, 0.2) is 24.3 Å². The summed E-state index contributed by atoms with van der Waals surface area (Å²) in [4.78, 5) is 26.1. The van der Waals surface area contributed by atoms with Gasteiger partial charge in [-0.1, -0.05) is 40.9 Å². The summed E-state index contributed by atoms with van der Waals surface area (Å²) in [6.07, 6.45) is 2.97. The highest BCUT2D eigenvalue weighted by Crippen LogP contribution is 2.29. The third-order valence-corrected chi connectivity index (χ3v) is 4.92. The number of nitrogens with zero attached hydrogens (tertiary/aromatic N) is 3. The molecule has 144 valence electrons. The zero-order chi connectivity index (χ0) is 20.1. The number of aryl methyl sites for hydroxylation is 2. The van der Waals surface area contributed by atoms with E-state index >= 15 is 0 Å². The maximum atomic E-state index is 12.4. The Hall–Kier alpha value is -2.02. The first-order chi connectivity index (χ1) is 12.7. The molecule has 0 bridgehead atoms. The number of aromatic nitrogens is 2. The number of halogens is 3. The Bertz CT molecular complexity index is 873. The fourth-order valence-corrected chi connectivity index (χ4v) is 3.14. The number of rotatable bonds is 6. The van der Waals surface area contributed by atoms with Crippen molar-refractivity contribution in [3.05, 3.63) is 50.7 Å². The standard InChI is InChI=1S/C18H19Cl3N4O2/c1-4-25(10-15(26)22-17-13(19)6-5-7-14(17)20)16(27)9-8-12-11(2)23-24(3)18(12)21/h5-9H,4,10H2,1-3H3,(H,22,26)/b9-8+. The van der Waals surface area contributed by atoms with Crippen molar-refractivity contribution in [1.29, 1.82) is 0 Å². The normalized spacial score (nSPS) is 11.0. The van der Waals surface area contributed by atoms with Crippen LogP contribution in [0.1, 0.15) is 18.2 Å². The number of hydrogen-bond acceptors (Lipinski definition) is 3. The molecule has 2 aromatic rings. The number of hydrogen-bond donors (Lipinski definition) is 1. The number of para-hydroxylation sites is 1. The highest BCUT2D eigenvalue weighted by atomic mass is 35.5. The highest BCUT2D eigenvalue weighted by molar-refractivity contribution is 6.39. The fourth-order valence-electron chi connectivity index (χ4n) is 2.41. The van der Waals surface area contributed by atoms with Gasteiger partial charge in [0.05, 0.1) is 21.4 Å². The molecule has 0 saturated carbocycles. The topological polar surface area (TPSA) is 67.2 Å². The number of nitrogens with one attached hydrogen (secondary N) is 1. The predicted molar refractivity (Wildman–Crippen MR) is 109 cm³/mol. The molecule has 6 nitrogen and oxygen atoms in total. The summed E-state index contributed by atoms with van der Waals surface area (Å²) in [6, 6.07) is 4.92. The number of likely N-dealkylation sites (N-methyl/N-ethyl adjacent to an activating group) is 1. The van der Waals surface area contributed by atoms with Crippen LogP contribution in [0.5, 0.6) is 0 Å². The van der Waals surface area contributed by atoms with Crippen molar-refractivity contribution in [2.24, 2.45) is 7.05 Å². The summed E-state index contributed by atoms with van der Waals surface area (Å²) in [5.41, 5.74) is 1.69. The van der Waals surface area contributed by atoms with E-state index in [1.807, 2.05) is 0 Å². The van der Waals surface area contributed by atoms with E-state index in [-0.39, 0.29) is 12.5 Å². The molecular formula is C18H19Cl3N4O2. The lowest BCUT2D eigenvalue weighted by Crippen LogP contribution is -2.37. The van der Waals surface area contributed by atoms with Gasteiger partial charge in [0.2, 0.25) is 11.8 Å².